The summed E-state index contributed by atoms with van der Waals surface area (Å²) in [6.45, 7) is 11.7. The molecule has 1 atom stereocenters. The molecule has 0 aliphatic heterocycles. The lowest BCUT2D eigenvalue weighted by molar-refractivity contribution is -0.142. The molecule has 0 saturated heterocycles. The molecule has 1 unspecified atom stereocenters. The Balaban J connectivity index is 1.26. The number of amides is 2. The van der Waals surface area contributed by atoms with E-state index in [1.165, 1.54) is 22.3 Å². The number of fused-ring (bicyclic) bond motifs is 3. The van der Waals surface area contributed by atoms with Gasteiger partial charge in [0.05, 0.1) is 13.0 Å². The van der Waals surface area contributed by atoms with Crippen molar-refractivity contribution in [3.63, 3.8) is 0 Å². The van der Waals surface area contributed by atoms with E-state index in [9.17, 15) is 14.4 Å². The topological polar surface area (TPSA) is 97.0 Å². The summed E-state index contributed by atoms with van der Waals surface area (Å²) in [5.41, 5.74) is 9.59. The van der Waals surface area contributed by atoms with Crippen molar-refractivity contribution in [3.05, 3.63) is 95.1 Å². The van der Waals surface area contributed by atoms with Gasteiger partial charge in [-0.15, -0.1) is 0 Å². The van der Waals surface area contributed by atoms with E-state index in [1.54, 1.807) is 19.1 Å². The monoisotopic (exact) mass is 639 g/mol. The number of hydrogen-bond donors (Lipinski definition) is 2. The summed E-state index contributed by atoms with van der Waals surface area (Å²) in [7, 11) is 0. The van der Waals surface area contributed by atoms with Crippen LogP contribution in [0.15, 0.2) is 72.8 Å². The van der Waals surface area contributed by atoms with Gasteiger partial charge in [0.15, 0.2) is 0 Å². The van der Waals surface area contributed by atoms with Gasteiger partial charge in [-0.25, -0.2) is 9.80 Å². The summed E-state index contributed by atoms with van der Waals surface area (Å²) in [4.78, 5) is 37.8. The molecule has 0 radical (unpaired) electrons. The average Bonchev–Trinajstić information content (AvgIpc) is 3.39. The zero-order valence-corrected chi connectivity index (χ0v) is 28.4. The standard InChI is InChI=1S/C39H49N3O5/c1-6-46-35(43)23-24-40-37(44)28-17-15-27(16-18-28)25-42(30-21-19-29(20-22-30)39(3,4)5)41-38(45)47-26(2)36-33-13-9-7-11-31(33)32-12-8-10-14-34(32)36/h7-18,26,29-30,36H,6,19-25H2,1-5H3,(H,40,44)(H,41,45)/t26?,29-,30+. The molecule has 0 bridgehead atoms. The maximum absolute atomic E-state index is 13.6. The van der Waals surface area contributed by atoms with Crippen LogP contribution in [0.5, 0.6) is 0 Å². The Labute approximate surface area is 279 Å². The number of benzene rings is 3. The highest BCUT2D eigenvalue weighted by atomic mass is 16.6. The Morgan fingerprint density at radius 2 is 1.47 bits per heavy atom. The van der Waals surface area contributed by atoms with Crippen molar-refractivity contribution in [2.75, 3.05) is 13.2 Å². The molecule has 2 N–H and O–H groups in total. The van der Waals surface area contributed by atoms with Crippen LogP contribution in [-0.4, -0.2) is 48.3 Å². The van der Waals surface area contributed by atoms with Gasteiger partial charge in [-0.3, -0.25) is 15.0 Å². The van der Waals surface area contributed by atoms with Crippen LogP contribution in [0.3, 0.4) is 0 Å². The van der Waals surface area contributed by atoms with Crippen molar-refractivity contribution in [2.24, 2.45) is 11.3 Å². The van der Waals surface area contributed by atoms with E-state index in [0.29, 0.717) is 24.6 Å². The van der Waals surface area contributed by atoms with E-state index in [4.69, 9.17) is 9.47 Å². The molecule has 3 aromatic rings. The molecule has 250 valence electrons. The lowest BCUT2D eigenvalue weighted by Gasteiger charge is -2.41. The third-order valence-electron chi connectivity index (χ3n) is 9.73. The normalized spacial score (nSPS) is 18.2. The number of hydrogen-bond acceptors (Lipinski definition) is 6. The van der Waals surface area contributed by atoms with Crippen molar-refractivity contribution >= 4 is 18.0 Å². The Morgan fingerprint density at radius 3 is 2.04 bits per heavy atom. The zero-order valence-electron chi connectivity index (χ0n) is 28.4. The molecule has 2 aliphatic carbocycles. The van der Waals surface area contributed by atoms with Gasteiger partial charge in [0.1, 0.15) is 6.10 Å². The fourth-order valence-electron chi connectivity index (χ4n) is 7.17. The Bertz CT molecular complexity index is 1490. The Kier molecular flexibility index (Phi) is 11.0. The minimum atomic E-state index is -0.463. The van der Waals surface area contributed by atoms with E-state index >= 15 is 0 Å². The van der Waals surface area contributed by atoms with Crippen LogP contribution in [-0.2, 0) is 20.8 Å². The smallest absolute Gasteiger partial charge is 0.422 e. The summed E-state index contributed by atoms with van der Waals surface area (Å²) in [6, 6.07) is 24.2. The van der Waals surface area contributed by atoms with Gasteiger partial charge in [0.25, 0.3) is 5.91 Å². The fraction of sp³-hybridized carbons (Fsp3) is 0.462. The lowest BCUT2D eigenvalue weighted by Crippen LogP contribution is -2.50. The summed E-state index contributed by atoms with van der Waals surface area (Å²) < 4.78 is 11.0. The van der Waals surface area contributed by atoms with Gasteiger partial charge in [-0.05, 0) is 90.8 Å². The van der Waals surface area contributed by atoms with E-state index in [-0.39, 0.29) is 48.3 Å². The molecule has 1 saturated carbocycles. The molecular formula is C39H49N3O5. The predicted octanol–water partition coefficient (Wildman–Crippen LogP) is 7.62. The second-order valence-corrected chi connectivity index (χ2v) is 13.9. The van der Waals surface area contributed by atoms with Gasteiger partial charge >= 0.3 is 12.1 Å². The molecule has 47 heavy (non-hydrogen) atoms. The maximum Gasteiger partial charge on any atom is 0.422 e. The first-order chi connectivity index (χ1) is 22.5. The average molecular weight is 640 g/mol. The third-order valence-corrected chi connectivity index (χ3v) is 9.73. The highest BCUT2D eigenvalue weighted by Crippen LogP contribution is 2.46. The minimum Gasteiger partial charge on any atom is -0.466 e. The number of carbonyl (C=O) groups excluding carboxylic acids is 3. The summed E-state index contributed by atoms with van der Waals surface area (Å²) in [5, 5.41) is 4.80. The number of ether oxygens (including phenoxy) is 2. The highest BCUT2D eigenvalue weighted by Gasteiger charge is 2.36. The second-order valence-electron chi connectivity index (χ2n) is 13.9. The van der Waals surface area contributed by atoms with Crippen LogP contribution in [0, 0.1) is 11.3 Å². The number of nitrogens with one attached hydrogen (secondary N) is 2. The molecule has 1 fully saturated rings. The van der Waals surface area contributed by atoms with E-state index < -0.39 is 6.09 Å². The first-order valence-electron chi connectivity index (χ1n) is 17.0. The lowest BCUT2D eigenvalue weighted by atomic mass is 9.71. The molecule has 8 heteroatoms. The second kappa shape index (κ2) is 15.2. The number of nitrogens with zero attached hydrogens (tertiary/aromatic N) is 1. The Morgan fingerprint density at radius 1 is 0.872 bits per heavy atom. The van der Waals surface area contributed by atoms with Gasteiger partial charge in [-0.1, -0.05) is 81.4 Å². The zero-order chi connectivity index (χ0) is 33.6. The Hall–Kier alpha value is -4.17. The van der Waals surface area contributed by atoms with Gasteiger partial charge in [0.2, 0.25) is 0 Å². The molecule has 2 aliphatic rings. The van der Waals surface area contributed by atoms with Crippen LogP contribution in [0.25, 0.3) is 11.1 Å². The molecule has 3 aromatic carbocycles. The first-order valence-corrected chi connectivity index (χ1v) is 17.0. The molecule has 0 heterocycles. The van der Waals surface area contributed by atoms with Crippen molar-refractivity contribution < 1.29 is 23.9 Å². The molecule has 2 amide bonds. The van der Waals surface area contributed by atoms with E-state index in [2.05, 4.69) is 55.8 Å². The number of carbonyl (C=O) groups is 3. The number of hydrazine groups is 1. The summed E-state index contributed by atoms with van der Waals surface area (Å²) in [6.07, 6.45) is 3.43. The molecular weight excluding hydrogens is 590 g/mol. The fourth-order valence-corrected chi connectivity index (χ4v) is 7.17. The molecule has 0 spiro atoms. The van der Waals surface area contributed by atoms with Crippen molar-refractivity contribution in [1.29, 1.82) is 0 Å². The van der Waals surface area contributed by atoms with E-state index in [0.717, 1.165) is 31.2 Å². The first kappa shape index (κ1) is 34.2. The van der Waals surface area contributed by atoms with Gasteiger partial charge < -0.3 is 14.8 Å². The largest absolute Gasteiger partial charge is 0.466 e. The SMILES string of the molecule is CCOC(=O)CCNC(=O)c1ccc(CN(NC(=O)OC(C)C2c3ccccc3-c3ccccc32)[C@H]2CC[C@@H](C(C)(C)C)CC2)cc1. The van der Waals surface area contributed by atoms with Crippen LogP contribution < -0.4 is 10.7 Å². The maximum atomic E-state index is 13.6. The minimum absolute atomic E-state index is 0.0418. The summed E-state index contributed by atoms with van der Waals surface area (Å²) >= 11 is 0. The van der Waals surface area contributed by atoms with Crippen molar-refractivity contribution in [1.82, 2.24) is 15.8 Å². The van der Waals surface area contributed by atoms with Gasteiger partial charge in [0, 0.05) is 30.6 Å². The highest BCUT2D eigenvalue weighted by molar-refractivity contribution is 5.94. The molecule has 5 rings (SSSR count). The van der Waals surface area contributed by atoms with Crippen LogP contribution >= 0.6 is 0 Å². The van der Waals surface area contributed by atoms with Crippen LogP contribution in [0.2, 0.25) is 0 Å². The van der Waals surface area contributed by atoms with Crippen molar-refractivity contribution in [2.45, 2.75) is 91.3 Å². The van der Waals surface area contributed by atoms with Crippen molar-refractivity contribution in [3.8, 4) is 11.1 Å². The number of rotatable bonds is 11. The predicted molar refractivity (Wildman–Crippen MR) is 184 cm³/mol. The number of esters is 1. The van der Waals surface area contributed by atoms with Crippen LogP contribution in [0.1, 0.15) is 99.7 Å². The van der Waals surface area contributed by atoms with Gasteiger partial charge in [-0.2, -0.15) is 0 Å². The summed E-state index contributed by atoms with van der Waals surface area (Å²) in [5.74, 6) is 0.0125. The third kappa shape index (κ3) is 8.41. The van der Waals surface area contributed by atoms with Crippen LogP contribution in [0.4, 0.5) is 4.79 Å². The van der Waals surface area contributed by atoms with E-state index in [1.807, 2.05) is 48.3 Å². The molecule has 8 nitrogen and oxygen atoms in total. The molecule has 0 aromatic heterocycles. The quantitative estimate of drug-likeness (QED) is 0.166.